The second-order valence-electron chi connectivity index (χ2n) is 3.40. The second-order valence-corrected chi connectivity index (χ2v) is 4.32. The lowest BCUT2D eigenvalue weighted by atomic mass is 10.1. The normalized spacial score (nSPS) is 12.6. The van der Waals surface area contributed by atoms with E-state index in [0.717, 1.165) is 5.69 Å². The van der Waals surface area contributed by atoms with E-state index in [2.05, 4.69) is 25.9 Å². The minimum absolute atomic E-state index is 0.246. The number of hydrogen-bond donors (Lipinski definition) is 0. The summed E-state index contributed by atoms with van der Waals surface area (Å²) >= 11 is 3.25. The van der Waals surface area contributed by atoms with Crippen molar-refractivity contribution in [1.29, 1.82) is 0 Å². The lowest BCUT2D eigenvalue weighted by Gasteiger charge is -2.19. The van der Waals surface area contributed by atoms with E-state index in [9.17, 15) is 4.39 Å². The summed E-state index contributed by atoms with van der Waals surface area (Å²) in [5.74, 6) is -0.142. The highest BCUT2D eigenvalue weighted by molar-refractivity contribution is 9.10. The molecule has 1 aromatic heterocycles. The van der Waals surface area contributed by atoms with Crippen molar-refractivity contribution < 1.29 is 9.13 Å². The van der Waals surface area contributed by atoms with Crippen LogP contribution in [-0.2, 0) is 6.61 Å². The van der Waals surface area contributed by atoms with Crippen molar-refractivity contribution in [3.8, 4) is 17.0 Å². The third-order valence-electron chi connectivity index (χ3n) is 2.39. The van der Waals surface area contributed by atoms with Crippen LogP contribution < -0.4 is 4.74 Å². The Kier molecular flexibility index (Phi) is 2.14. The van der Waals surface area contributed by atoms with E-state index in [0.29, 0.717) is 15.7 Å². The fraction of sp³-hybridized carbons (Fsp3) is 0.0909. The van der Waals surface area contributed by atoms with Gasteiger partial charge in [-0.1, -0.05) is 15.9 Å². The van der Waals surface area contributed by atoms with Gasteiger partial charge in [-0.15, -0.1) is 0 Å². The summed E-state index contributed by atoms with van der Waals surface area (Å²) in [7, 11) is 0. The van der Waals surface area contributed by atoms with Crippen LogP contribution in [0, 0.1) is 5.82 Å². The van der Waals surface area contributed by atoms with Crippen LogP contribution in [0.4, 0.5) is 4.39 Å². The second kappa shape index (κ2) is 3.52. The topological polar surface area (TPSA) is 35.0 Å². The third-order valence-corrected chi connectivity index (χ3v) is 2.85. The summed E-state index contributed by atoms with van der Waals surface area (Å²) in [5, 5.41) is 0. The molecule has 0 fully saturated rings. The molecule has 16 heavy (non-hydrogen) atoms. The molecule has 3 rings (SSSR count). The predicted octanol–water partition coefficient (Wildman–Crippen LogP) is 2.94. The number of benzene rings is 1. The number of halogens is 2. The highest BCUT2D eigenvalue weighted by Crippen LogP contribution is 2.38. The number of fused-ring (bicyclic) bond motifs is 3. The van der Waals surface area contributed by atoms with E-state index in [1.54, 1.807) is 18.5 Å². The molecular formula is C11H6BrFN2O. The molecule has 0 saturated carbocycles. The largest absolute Gasteiger partial charge is 0.483 e. The summed E-state index contributed by atoms with van der Waals surface area (Å²) in [6.07, 6.45) is 3.19. The first-order chi connectivity index (χ1) is 7.75. The van der Waals surface area contributed by atoms with E-state index >= 15 is 0 Å². The van der Waals surface area contributed by atoms with Crippen molar-refractivity contribution in [2.75, 3.05) is 0 Å². The molecule has 5 heteroatoms. The van der Waals surface area contributed by atoms with Crippen LogP contribution in [0.5, 0.6) is 5.75 Å². The predicted molar refractivity (Wildman–Crippen MR) is 59.5 cm³/mol. The van der Waals surface area contributed by atoms with Gasteiger partial charge in [0, 0.05) is 22.4 Å². The monoisotopic (exact) mass is 280 g/mol. The smallest absolute Gasteiger partial charge is 0.166 e. The minimum atomic E-state index is -0.388. The summed E-state index contributed by atoms with van der Waals surface area (Å²) in [6, 6.07) is 3.16. The van der Waals surface area contributed by atoms with Crippen LogP contribution in [0.1, 0.15) is 5.69 Å². The van der Waals surface area contributed by atoms with Gasteiger partial charge in [-0.2, -0.15) is 0 Å². The zero-order valence-electron chi connectivity index (χ0n) is 8.08. The molecule has 1 aliphatic heterocycles. The molecule has 1 aromatic carbocycles. The van der Waals surface area contributed by atoms with Gasteiger partial charge in [0.1, 0.15) is 12.3 Å². The van der Waals surface area contributed by atoms with Gasteiger partial charge in [0.05, 0.1) is 5.69 Å². The van der Waals surface area contributed by atoms with E-state index in [1.807, 2.05) is 0 Å². The molecule has 0 amide bonds. The summed E-state index contributed by atoms with van der Waals surface area (Å²) in [6.45, 7) is 0.259. The lowest BCUT2D eigenvalue weighted by molar-refractivity contribution is 0.281. The van der Waals surface area contributed by atoms with E-state index in [-0.39, 0.29) is 18.2 Å². The van der Waals surface area contributed by atoms with E-state index < -0.39 is 0 Å². The molecule has 0 unspecified atom stereocenters. The quantitative estimate of drug-likeness (QED) is 0.744. The number of rotatable bonds is 0. The van der Waals surface area contributed by atoms with Crippen LogP contribution in [0.15, 0.2) is 29.0 Å². The Morgan fingerprint density at radius 1 is 1.25 bits per heavy atom. The van der Waals surface area contributed by atoms with Crippen LogP contribution in [0.2, 0.25) is 0 Å². The molecular weight excluding hydrogens is 275 g/mol. The van der Waals surface area contributed by atoms with Gasteiger partial charge in [0.15, 0.2) is 11.6 Å². The Hall–Kier alpha value is -1.49. The molecule has 1 aliphatic rings. The first kappa shape index (κ1) is 9.72. The highest BCUT2D eigenvalue weighted by atomic mass is 79.9. The Morgan fingerprint density at radius 2 is 2.06 bits per heavy atom. The maximum Gasteiger partial charge on any atom is 0.166 e. The summed E-state index contributed by atoms with van der Waals surface area (Å²) in [5.41, 5.74) is 2.05. The molecule has 0 N–H and O–H groups in total. The SMILES string of the molecule is Fc1cc(Br)cc2c1OCc1nccnc1-2. The molecule has 2 aromatic rings. The maximum absolute atomic E-state index is 13.6. The molecule has 0 bridgehead atoms. The molecule has 80 valence electrons. The summed E-state index contributed by atoms with van der Waals surface area (Å²) in [4.78, 5) is 8.37. The van der Waals surface area contributed by atoms with Gasteiger partial charge in [0.25, 0.3) is 0 Å². The average molecular weight is 281 g/mol. The van der Waals surface area contributed by atoms with E-state index in [1.165, 1.54) is 6.07 Å². The molecule has 0 atom stereocenters. The Morgan fingerprint density at radius 3 is 2.94 bits per heavy atom. The van der Waals surface area contributed by atoms with Gasteiger partial charge in [-0.05, 0) is 12.1 Å². The van der Waals surface area contributed by atoms with Crippen LogP contribution in [0.25, 0.3) is 11.3 Å². The van der Waals surface area contributed by atoms with Crippen molar-refractivity contribution in [3.05, 3.63) is 40.5 Å². The molecule has 0 saturated heterocycles. The average Bonchev–Trinajstić information content (AvgIpc) is 2.28. The number of aromatic nitrogens is 2. The summed E-state index contributed by atoms with van der Waals surface area (Å²) < 4.78 is 19.6. The Bertz CT molecular complexity index is 574. The van der Waals surface area contributed by atoms with Crippen molar-refractivity contribution in [2.24, 2.45) is 0 Å². The fourth-order valence-electron chi connectivity index (χ4n) is 1.72. The minimum Gasteiger partial charge on any atom is -0.483 e. The third kappa shape index (κ3) is 1.39. The molecule has 0 aliphatic carbocycles. The maximum atomic E-state index is 13.6. The number of hydrogen-bond acceptors (Lipinski definition) is 3. The zero-order valence-corrected chi connectivity index (χ0v) is 9.66. The first-order valence-corrected chi connectivity index (χ1v) is 5.47. The highest BCUT2D eigenvalue weighted by Gasteiger charge is 2.22. The van der Waals surface area contributed by atoms with Crippen LogP contribution >= 0.6 is 15.9 Å². The zero-order chi connectivity index (χ0) is 11.1. The Labute approximate surface area is 99.4 Å². The van der Waals surface area contributed by atoms with Crippen molar-refractivity contribution in [1.82, 2.24) is 9.97 Å². The van der Waals surface area contributed by atoms with Gasteiger partial charge in [0.2, 0.25) is 0 Å². The van der Waals surface area contributed by atoms with Gasteiger partial charge in [-0.25, -0.2) is 4.39 Å². The van der Waals surface area contributed by atoms with Gasteiger partial charge < -0.3 is 4.74 Å². The first-order valence-electron chi connectivity index (χ1n) is 4.68. The van der Waals surface area contributed by atoms with Gasteiger partial charge in [-0.3, -0.25) is 9.97 Å². The number of ether oxygens (including phenoxy) is 1. The fourth-order valence-corrected chi connectivity index (χ4v) is 2.15. The van der Waals surface area contributed by atoms with Crippen molar-refractivity contribution >= 4 is 15.9 Å². The van der Waals surface area contributed by atoms with Crippen molar-refractivity contribution in [2.45, 2.75) is 6.61 Å². The molecule has 3 nitrogen and oxygen atoms in total. The van der Waals surface area contributed by atoms with E-state index in [4.69, 9.17) is 4.74 Å². The van der Waals surface area contributed by atoms with Crippen molar-refractivity contribution in [3.63, 3.8) is 0 Å². The standard InChI is InChI=1S/C11H6BrFN2O/c12-6-3-7-10-9(14-1-2-15-10)5-16-11(7)8(13)4-6/h1-4H,5H2. The molecule has 0 spiro atoms. The molecule has 2 heterocycles. The van der Waals surface area contributed by atoms with Gasteiger partial charge >= 0.3 is 0 Å². The Balaban J connectivity index is 2.31. The molecule has 0 radical (unpaired) electrons. The van der Waals surface area contributed by atoms with Crippen LogP contribution in [0.3, 0.4) is 0 Å². The number of nitrogens with zero attached hydrogens (tertiary/aromatic N) is 2. The van der Waals surface area contributed by atoms with Crippen LogP contribution in [-0.4, -0.2) is 9.97 Å². The lowest BCUT2D eigenvalue weighted by Crippen LogP contribution is -2.10.